The van der Waals surface area contributed by atoms with Gasteiger partial charge in [-0.05, 0) is 12.8 Å². The standard InChI is InChI=1S/C6H9NO3/c8-7-5-2-1-4-3-9-6(5)10-4/h4,6,8H,1-3H2/b7-5+/t4-,6+/m0/s1. The van der Waals surface area contributed by atoms with Crippen LogP contribution in [0.1, 0.15) is 12.8 Å². The number of hydrogen-bond acceptors (Lipinski definition) is 4. The molecule has 4 heteroatoms. The highest BCUT2D eigenvalue weighted by atomic mass is 16.7. The van der Waals surface area contributed by atoms with E-state index in [9.17, 15) is 0 Å². The summed E-state index contributed by atoms with van der Waals surface area (Å²) in [5, 5.41) is 11.5. The molecule has 2 bridgehead atoms. The monoisotopic (exact) mass is 143 g/mol. The van der Waals surface area contributed by atoms with Crippen molar-refractivity contribution in [3.8, 4) is 0 Å². The molecule has 0 aromatic carbocycles. The highest BCUT2D eigenvalue weighted by Crippen LogP contribution is 2.24. The molecule has 2 atom stereocenters. The van der Waals surface area contributed by atoms with Gasteiger partial charge in [-0.3, -0.25) is 0 Å². The second-order valence-corrected chi connectivity index (χ2v) is 2.55. The summed E-state index contributed by atoms with van der Waals surface area (Å²) < 4.78 is 10.5. The van der Waals surface area contributed by atoms with Crippen LogP contribution in [-0.4, -0.2) is 29.9 Å². The van der Waals surface area contributed by atoms with Crippen LogP contribution in [0.5, 0.6) is 0 Å². The van der Waals surface area contributed by atoms with E-state index in [-0.39, 0.29) is 12.4 Å². The summed E-state index contributed by atoms with van der Waals surface area (Å²) >= 11 is 0. The SMILES string of the molecule is O/N=C1\CC[C@H]2CO[C@@H]1O2. The molecular formula is C6H9NO3. The van der Waals surface area contributed by atoms with Gasteiger partial charge in [-0.1, -0.05) is 5.16 Å². The van der Waals surface area contributed by atoms with E-state index < -0.39 is 0 Å². The fraction of sp³-hybridized carbons (Fsp3) is 0.833. The molecule has 2 aliphatic heterocycles. The normalized spacial score (nSPS) is 42.6. The molecule has 0 aromatic rings. The summed E-state index contributed by atoms with van der Waals surface area (Å²) in [5.41, 5.74) is 0.619. The number of hydrogen-bond donors (Lipinski definition) is 1. The first-order valence-corrected chi connectivity index (χ1v) is 3.38. The van der Waals surface area contributed by atoms with E-state index in [1.165, 1.54) is 0 Å². The van der Waals surface area contributed by atoms with Crippen LogP contribution in [0.25, 0.3) is 0 Å². The van der Waals surface area contributed by atoms with Crippen molar-refractivity contribution in [2.24, 2.45) is 5.16 Å². The predicted octanol–water partition coefficient (Wildman–Crippen LogP) is 0.352. The first-order chi connectivity index (χ1) is 4.90. The van der Waals surface area contributed by atoms with E-state index >= 15 is 0 Å². The van der Waals surface area contributed by atoms with Gasteiger partial charge in [-0.25, -0.2) is 0 Å². The molecule has 0 saturated carbocycles. The Morgan fingerprint density at radius 1 is 1.60 bits per heavy atom. The van der Waals surface area contributed by atoms with Crippen molar-refractivity contribution in [1.82, 2.24) is 0 Å². The van der Waals surface area contributed by atoms with Gasteiger partial charge in [0.25, 0.3) is 0 Å². The van der Waals surface area contributed by atoms with Crippen molar-refractivity contribution in [2.45, 2.75) is 25.2 Å². The second kappa shape index (κ2) is 2.21. The molecule has 0 spiro atoms. The Balaban J connectivity index is 2.14. The Kier molecular flexibility index (Phi) is 1.35. The number of fused-ring (bicyclic) bond motifs is 2. The van der Waals surface area contributed by atoms with E-state index in [4.69, 9.17) is 14.7 Å². The minimum absolute atomic E-state index is 0.232. The minimum atomic E-state index is -0.358. The Morgan fingerprint density at radius 2 is 2.50 bits per heavy atom. The fourth-order valence-electron chi connectivity index (χ4n) is 1.30. The van der Waals surface area contributed by atoms with Crippen molar-refractivity contribution in [1.29, 1.82) is 0 Å². The molecule has 2 saturated heterocycles. The maximum Gasteiger partial charge on any atom is 0.200 e. The van der Waals surface area contributed by atoms with Gasteiger partial charge in [0.05, 0.1) is 12.7 Å². The van der Waals surface area contributed by atoms with Crippen LogP contribution in [0.2, 0.25) is 0 Å². The van der Waals surface area contributed by atoms with Crippen LogP contribution < -0.4 is 0 Å². The zero-order valence-electron chi connectivity index (χ0n) is 5.49. The molecule has 0 aromatic heterocycles. The lowest BCUT2D eigenvalue weighted by Gasteiger charge is -2.17. The number of nitrogens with zero attached hydrogens (tertiary/aromatic N) is 1. The van der Waals surface area contributed by atoms with Gasteiger partial charge in [0.15, 0.2) is 0 Å². The molecule has 0 amide bonds. The maximum absolute atomic E-state index is 8.44. The summed E-state index contributed by atoms with van der Waals surface area (Å²) in [7, 11) is 0. The van der Waals surface area contributed by atoms with Gasteiger partial charge in [0.1, 0.15) is 5.71 Å². The molecule has 2 rings (SSSR count). The van der Waals surface area contributed by atoms with Crippen LogP contribution in [0.3, 0.4) is 0 Å². The molecule has 2 fully saturated rings. The zero-order valence-corrected chi connectivity index (χ0v) is 5.49. The first-order valence-electron chi connectivity index (χ1n) is 3.38. The van der Waals surface area contributed by atoms with E-state index in [2.05, 4.69) is 5.16 Å². The van der Waals surface area contributed by atoms with Crippen molar-refractivity contribution in [2.75, 3.05) is 6.61 Å². The molecule has 0 unspecified atom stereocenters. The summed E-state index contributed by atoms with van der Waals surface area (Å²) in [5.74, 6) is 0. The van der Waals surface area contributed by atoms with Gasteiger partial charge in [0, 0.05) is 0 Å². The second-order valence-electron chi connectivity index (χ2n) is 2.55. The Morgan fingerprint density at radius 3 is 3.30 bits per heavy atom. The lowest BCUT2D eigenvalue weighted by Crippen LogP contribution is -2.28. The number of ether oxygens (including phenoxy) is 2. The number of oxime groups is 1. The molecule has 1 N–H and O–H groups in total. The van der Waals surface area contributed by atoms with Crippen LogP contribution >= 0.6 is 0 Å². The largest absolute Gasteiger partial charge is 0.411 e. The third-order valence-electron chi connectivity index (χ3n) is 1.87. The maximum atomic E-state index is 8.44. The molecule has 0 aliphatic carbocycles. The Labute approximate surface area is 58.4 Å². The molecule has 4 nitrogen and oxygen atoms in total. The number of rotatable bonds is 0. The highest BCUT2D eigenvalue weighted by Gasteiger charge is 2.35. The Bertz CT molecular complexity index is 168. The van der Waals surface area contributed by atoms with E-state index in [0.29, 0.717) is 12.3 Å². The summed E-state index contributed by atoms with van der Waals surface area (Å²) in [4.78, 5) is 0. The third-order valence-corrected chi connectivity index (χ3v) is 1.87. The molecular weight excluding hydrogens is 134 g/mol. The quantitative estimate of drug-likeness (QED) is 0.393. The van der Waals surface area contributed by atoms with Crippen molar-refractivity contribution in [3.63, 3.8) is 0 Å². The Hall–Kier alpha value is -0.610. The van der Waals surface area contributed by atoms with Crippen LogP contribution in [-0.2, 0) is 9.47 Å². The van der Waals surface area contributed by atoms with Gasteiger partial charge < -0.3 is 14.7 Å². The van der Waals surface area contributed by atoms with Crippen LogP contribution in [0.4, 0.5) is 0 Å². The molecule has 56 valence electrons. The van der Waals surface area contributed by atoms with Crippen LogP contribution in [0, 0.1) is 0 Å². The fourth-order valence-corrected chi connectivity index (χ4v) is 1.30. The van der Waals surface area contributed by atoms with Gasteiger partial charge in [-0.2, -0.15) is 0 Å². The molecule has 0 radical (unpaired) electrons. The van der Waals surface area contributed by atoms with E-state index in [1.807, 2.05) is 0 Å². The molecule has 2 aliphatic rings. The van der Waals surface area contributed by atoms with Crippen molar-refractivity contribution >= 4 is 5.71 Å². The molecule has 10 heavy (non-hydrogen) atoms. The highest BCUT2D eigenvalue weighted by molar-refractivity contribution is 5.88. The van der Waals surface area contributed by atoms with E-state index in [1.54, 1.807) is 0 Å². The zero-order chi connectivity index (χ0) is 6.97. The van der Waals surface area contributed by atoms with Crippen molar-refractivity contribution < 1.29 is 14.7 Å². The predicted molar refractivity (Wildman–Crippen MR) is 33.1 cm³/mol. The lowest BCUT2D eigenvalue weighted by atomic mass is 10.1. The third kappa shape index (κ3) is 0.803. The summed E-state index contributed by atoms with van der Waals surface area (Å²) in [6.07, 6.45) is 1.58. The molecule has 2 heterocycles. The van der Waals surface area contributed by atoms with Gasteiger partial charge in [0.2, 0.25) is 6.29 Å². The minimum Gasteiger partial charge on any atom is -0.411 e. The van der Waals surface area contributed by atoms with Gasteiger partial charge in [-0.15, -0.1) is 0 Å². The van der Waals surface area contributed by atoms with Crippen LogP contribution in [0.15, 0.2) is 5.16 Å². The summed E-state index contributed by atoms with van der Waals surface area (Å²) in [6.45, 7) is 0.643. The average molecular weight is 143 g/mol. The smallest absolute Gasteiger partial charge is 0.200 e. The topological polar surface area (TPSA) is 51.1 Å². The first kappa shape index (κ1) is 6.12. The summed E-state index contributed by atoms with van der Waals surface area (Å²) in [6, 6.07) is 0. The van der Waals surface area contributed by atoms with Gasteiger partial charge >= 0.3 is 0 Å². The lowest BCUT2D eigenvalue weighted by molar-refractivity contribution is -0.0186. The van der Waals surface area contributed by atoms with Crippen molar-refractivity contribution in [3.05, 3.63) is 0 Å². The average Bonchev–Trinajstić information content (AvgIpc) is 2.34. The van der Waals surface area contributed by atoms with E-state index in [0.717, 1.165) is 12.8 Å².